The van der Waals surface area contributed by atoms with Crippen molar-refractivity contribution in [2.24, 2.45) is 17.3 Å². The van der Waals surface area contributed by atoms with Gasteiger partial charge in [0.05, 0.1) is 0 Å². The van der Waals surface area contributed by atoms with Gasteiger partial charge in [-0.2, -0.15) is 0 Å². The van der Waals surface area contributed by atoms with Crippen LogP contribution in [0.2, 0.25) is 0 Å². The molecule has 2 fully saturated rings. The normalized spacial score (nSPS) is 35.5. The first-order valence-electron chi connectivity index (χ1n) is 12.5. The Bertz CT molecular complexity index is 1050. The van der Waals surface area contributed by atoms with E-state index in [-0.39, 0.29) is 22.9 Å². The molecule has 0 radical (unpaired) electrons. The molecule has 1 aromatic carbocycles. The Morgan fingerprint density at radius 3 is 2.45 bits per heavy atom. The molecule has 33 heavy (non-hydrogen) atoms. The summed E-state index contributed by atoms with van der Waals surface area (Å²) in [5.41, 5.74) is 5.91. The Morgan fingerprint density at radius 1 is 1.09 bits per heavy atom. The zero-order valence-corrected chi connectivity index (χ0v) is 20.7. The summed E-state index contributed by atoms with van der Waals surface area (Å²) in [6.07, 6.45) is 8.24. The fourth-order valence-corrected chi connectivity index (χ4v) is 8.01. The minimum atomic E-state index is -0.700. The average Bonchev–Trinajstić information content (AvgIpc) is 3.11. The van der Waals surface area contributed by atoms with E-state index in [2.05, 4.69) is 50.2 Å². The van der Waals surface area contributed by atoms with Gasteiger partial charge < -0.3 is 9.64 Å². The molecular formula is C29H37NO3. The van der Waals surface area contributed by atoms with Crippen molar-refractivity contribution in [2.45, 2.75) is 70.3 Å². The van der Waals surface area contributed by atoms with Crippen molar-refractivity contribution in [3.8, 4) is 0 Å². The first-order chi connectivity index (χ1) is 15.7. The molecule has 5 atom stereocenters. The molecule has 4 nitrogen and oxygen atoms in total. The smallest absolute Gasteiger partial charge is 0.162 e. The Kier molecular flexibility index (Phi) is 5.43. The average molecular weight is 448 g/mol. The number of fused-ring (bicyclic) bond motifs is 4. The summed E-state index contributed by atoms with van der Waals surface area (Å²) < 4.78 is 6.14. The second kappa shape index (κ2) is 7.94. The molecule has 2 saturated carbocycles. The maximum atomic E-state index is 13.1. The van der Waals surface area contributed by atoms with Crippen LogP contribution in [-0.2, 0) is 14.3 Å². The Balaban J connectivity index is 1.68. The van der Waals surface area contributed by atoms with Crippen molar-refractivity contribution < 1.29 is 14.3 Å². The topological polar surface area (TPSA) is 46.6 Å². The van der Waals surface area contributed by atoms with E-state index in [0.717, 1.165) is 38.5 Å². The van der Waals surface area contributed by atoms with Crippen molar-refractivity contribution in [1.29, 1.82) is 0 Å². The standard InChI is InChI=1S/C29H37NO3/c1-18(31)29(33-5)15-14-26-24-12-8-20-16-22(32)11-13-23(20)27(24)25(17-28(26,29)2)19-6-9-21(10-7-19)30(3)4/h6-7,9-10,16,24-26H,8,11-15,17H2,1-5H3/t24-,25?,26-,28-,29-/m0/s1. The lowest BCUT2D eigenvalue weighted by Gasteiger charge is -2.55. The van der Waals surface area contributed by atoms with Gasteiger partial charge in [0.1, 0.15) is 5.60 Å². The SMILES string of the molecule is CO[C@]1(C(C)=O)CC[C@H]2[C@@H]3CCC4=CC(=O)CCC4=C3C(c3ccc(N(C)C)cc3)C[C@@]21C. The maximum absolute atomic E-state index is 13.1. The van der Waals surface area contributed by atoms with Crippen LogP contribution >= 0.6 is 0 Å². The molecule has 4 heteroatoms. The highest BCUT2D eigenvalue weighted by atomic mass is 16.5. The predicted molar refractivity (Wildman–Crippen MR) is 131 cm³/mol. The molecular weight excluding hydrogens is 410 g/mol. The number of Topliss-reactive ketones (excluding diaryl/α,β-unsaturated/α-hetero) is 1. The summed E-state index contributed by atoms with van der Waals surface area (Å²) in [6.45, 7) is 4.05. The number of allylic oxidation sites excluding steroid dienone is 4. The van der Waals surface area contributed by atoms with Gasteiger partial charge in [0.15, 0.2) is 11.6 Å². The predicted octanol–water partition coefficient (Wildman–Crippen LogP) is 5.63. The van der Waals surface area contributed by atoms with Crippen LogP contribution in [0.1, 0.15) is 70.3 Å². The lowest BCUT2D eigenvalue weighted by Crippen LogP contribution is -2.56. The van der Waals surface area contributed by atoms with Crippen LogP contribution in [0.4, 0.5) is 5.69 Å². The number of carbonyl (C=O) groups excluding carboxylic acids is 2. The first kappa shape index (κ1) is 22.6. The number of hydrogen-bond donors (Lipinski definition) is 0. The van der Waals surface area contributed by atoms with E-state index in [1.165, 1.54) is 22.4 Å². The van der Waals surface area contributed by atoms with E-state index in [1.807, 2.05) is 6.08 Å². The highest BCUT2D eigenvalue weighted by Gasteiger charge is 2.65. The number of hydrogen-bond acceptors (Lipinski definition) is 4. The number of nitrogens with zero attached hydrogens (tertiary/aromatic N) is 1. The van der Waals surface area contributed by atoms with Gasteiger partial charge in [-0.05, 0) is 92.2 Å². The second-order valence-electron chi connectivity index (χ2n) is 11.1. The van der Waals surface area contributed by atoms with Crippen LogP contribution in [0.3, 0.4) is 0 Å². The van der Waals surface area contributed by atoms with E-state index >= 15 is 0 Å². The van der Waals surface area contributed by atoms with Crippen molar-refractivity contribution in [3.63, 3.8) is 0 Å². The molecule has 1 unspecified atom stereocenters. The number of anilines is 1. The van der Waals surface area contributed by atoms with Crippen molar-refractivity contribution >= 4 is 17.3 Å². The maximum Gasteiger partial charge on any atom is 0.162 e. The quantitative estimate of drug-likeness (QED) is 0.600. The van der Waals surface area contributed by atoms with Gasteiger partial charge in [-0.1, -0.05) is 24.6 Å². The van der Waals surface area contributed by atoms with Crippen LogP contribution < -0.4 is 4.90 Å². The fraction of sp³-hybridized carbons (Fsp3) is 0.586. The van der Waals surface area contributed by atoms with Gasteiger partial charge in [-0.15, -0.1) is 0 Å². The lowest BCUT2D eigenvalue weighted by molar-refractivity contribution is -0.160. The number of rotatable bonds is 4. The molecule has 0 bridgehead atoms. The molecule has 1 aromatic rings. The number of ketones is 2. The number of carbonyl (C=O) groups is 2. The van der Waals surface area contributed by atoms with Crippen molar-refractivity contribution in [3.05, 3.63) is 52.6 Å². The van der Waals surface area contributed by atoms with Gasteiger partial charge >= 0.3 is 0 Å². The molecule has 4 aliphatic carbocycles. The van der Waals surface area contributed by atoms with Gasteiger partial charge in [-0.3, -0.25) is 9.59 Å². The fourth-order valence-electron chi connectivity index (χ4n) is 8.01. The number of benzene rings is 1. The zero-order chi connectivity index (χ0) is 23.5. The van der Waals surface area contributed by atoms with Crippen LogP contribution in [0.25, 0.3) is 0 Å². The highest BCUT2D eigenvalue weighted by molar-refractivity contribution is 5.93. The molecule has 4 aliphatic rings. The second-order valence-corrected chi connectivity index (χ2v) is 11.1. The summed E-state index contributed by atoms with van der Waals surface area (Å²) in [6, 6.07) is 8.96. The largest absolute Gasteiger partial charge is 0.378 e. The monoisotopic (exact) mass is 447 g/mol. The van der Waals surface area contributed by atoms with Gasteiger partial charge in [0.2, 0.25) is 0 Å². The summed E-state index contributed by atoms with van der Waals surface area (Å²) in [4.78, 5) is 27.4. The molecule has 0 aromatic heterocycles. The first-order valence-corrected chi connectivity index (χ1v) is 12.5. The molecule has 0 amide bonds. The molecule has 176 valence electrons. The van der Waals surface area contributed by atoms with Gasteiger partial charge in [0, 0.05) is 44.6 Å². The van der Waals surface area contributed by atoms with E-state index in [4.69, 9.17) is 4.74 Å². The summed E-state index contributed by atoms with van der Waals surface area (Å²) in [5, 5.41) is 0. The third-order valence-corrected chi connectivity index (χ3v) is 9.58. The molecule has 0 saturated heterocycles. The van der Waals surface area contributed by atoms with E-state index in [1.54, 1.807) is 19.6 Å². The Morgan fingerprint density at radius 2 is 1.82 bits per heavy atom. The number of ether oxygens (including phenoxy) is 1. The van der Waals surface area contributed by atoms with Crippen LogP contribution in [0.15, 0.2) is 47.1 Å². The third kappa shape index (κ3) is 3.20. The summed E-state index contributed by atoms with van der Waals surface area (Å²) in [7, 11) is 5.87. The van der Waals surface area contributed by atoms with Crippen LogP contribution in [-0.4, -0.2) is 38.4 Å². The summed E-state index contributed by atoms with van der Waals surface area (Å²) in [5.74, 6) is 1.61. The third-order valence-electron chi connectivity index (χ3n) is 9.58. The van der Waals surface area contributed by atoms with Crippen molar-refractivity contribution in [2.75, 3.05) is 26.1 Å². The van der Waals surface area contributed by atoms with E-state index in [9.17, 15) is 9.59 Å². The van der Waals surface area contributed by atoms with Crippen LogP contribution in [0, 0.1) is 17.3 Å². The number of methoxy groups -OCH3 is 1. The van der Waals surface area contributed by atoms with E-state index in [0.29, 0.717) is 18.3 Å². The van der Waals surface area contributed by atoms with Crippen LogP contribution in [0.5, 0.6) is 0 Å². The minimum absolute atomic E-state index is 0.174. The Hall–Kier alpha value is -2.20. The minimum Gasteiger partial charge on any atom is -0.378 e. The van der Waals surface area contributed by atoms with E-state index < -0.39 is 5.60 Å². The Labute approximate surface area is 198 Å². The summed E-state index contributed by atoms with van der Waals surface area (Å²) >= 11 is 0. The molecule has 0 heterocycles. The van der Waals surface area contributed by atoms with Gasteiger partial charge in [-0.25, -0.2) is 0 Å². The zero-order valence-electron chi connectivity index (χ0n) is 20.7. The van der Waals surface area contributed by atoms with Crippen molar-refractivity contribution in [1.82, 2.24) is 0 Å². The lowest BCUT2D eigenvalue weighted by atomic mass is 9.50. The molecule has 5 rings (SSSR count). The highest BCUT2D eigenvalue weighted by Crippen LogP contribution is 2.67. The van der Waals surface area contributed by atoms with Gasteiger partial charge in [0.25, 0.3) is 0 Å². The molecule has 0 N–H and O–H groups in total. The molecule has 0 aliphatic heterocycles. The molecule has 0 spiro atoms.